The summed E-state index contributed by atoms with van der Waals surface area (Å²) in [5.41, 5.74) is 9.15. The molecule has 18 heavy (non-hydrogen) atoms. The first kappa shape index (κ1) is 12.6. The summed E-state index contributed by atoms with van der Waals surface area (Å²) < 4.78 is 0. The molecular weight excluding hydrogens is 224 g/mol. The van der Waals surface area contributed by atoms with Crippen LogP contribution in [-0.2, 0) is 5.60 Å². The lowest BCUT2D eigenvalue weighted by Gasteiger charge is -2.20. The van der Waals surface area contributed by atoms with Crippen LogP contribution < -0.4 is 5.73 Å². The molecule has 0 saturated heterocycles. The van der Waals surface area contributed by atoms with E-state index < -0.39 is 5.60 Å². The summed E-state index contributed by atoms with van der Waals surface area (Å²) >= 11 is 0. The number of rotatable bonds is 2. The van der Waals surface area contributed by atoms with Crippen molar-refractivity contribution in [3.8, 4) is 11.3 Å². The van der Waals surface area contributed by atoms with E-state index >= 15 is 0 Å². The fourth-order valence-electron chi connectivity index (χ4n) is 1.88. The van der Waals surface area contributed by atoms with Crippen molar-refractivity contribution in [2.45, 2.75) is 26.4 Å². The second-order valence-electron chi connectivity index (χ2n) is 5.08. The Balaban J connectivity index is 2.50. The molecule has 1 aromatic heterocycles. The first-order valence-corrected chi connectivity index (χ1v) is 5.93. The number of benzene rings is 1. The van der Waals surface area contributed by atoms with Crippen LogP contribution in [0.4, 0.5) is 5.69 Å². The van der Waals surface area contributed by atoms with Gasteiger partial charge in [0.05, 0.1) is 23.2 Å². The molecule has 0 aliphatic heterocycles. The van der Waals surface area contributed by atoms with Gasteiger partial charge in [-0.25, -0.2) is 0 Å². The SMILES string of the molecule is Cc1ccc(-c2cc(C(C)(C)O)c(N)cn2)cc1. The summed E-state index contributed by atoms with van der Waals surface area (Å²) in [6, 6.07) is 9.96. The highest BCUT2D eigenvalue weighted by Gasteiger charge is 2.20. The molecule has 0 aliphatic rings. The van der Waals surface area contributed by atoms with Crippen LogP contribution in [0.15, 0.2) is 36.5 Å². The van der Waals surface area contributed by atoms with Gasteiger partial charge in [0.1, 0.15) is 0 Å². The standard InChI is InChI=1S/C15H18N2O/c1-10-4-6-11(7-5-10)14-8-12(15(2,3)18)13(16)9-17-14/h4-9,18H,16H2,1-3H3. The molecule has 0 bridgehead atoms. The van der Waals surface area contributed by atoms with Gasteiger partial charge in [0.15, 0.2) is 0 Å². The second-order valence-corrected chi connectivity index (χ2v) is 5.08. The first-order valence-electron chi connectivity index (χ1n) is 5.93. The van der Waals surface area contributed by atoms with Crippen molar-refractivity contribution in [3.05, 3.63) is 47.7 Å². The molecule has 0 amide bonds. The number of aromatic nitrogens is 1. The molecule has 0 saturated carbocycles. The lowest BCUT2D eigenvalue weighted by atomic mass is 9.95. The normalized spacial score (nSPS) is 11.6. The molecule has 0 fully saturated rings. The van der Waals surface area contributed by atoms with Crippen LogP contribution in [-0.4, -0.2) is 10.1 Å². The molecule has 0 spiro atoms. The number of hydrogen-bond acceptors (Lipinski definition) is 3. The van der Waals surface area contributed by atoms with Gasteiger partial charge in [-0.3, -0.25) is 4.98 Å². The van der Waals surface area contributed by atoms with Crippen LogP contribution in [0.3, 0.4) is 0 Å². The number of nitrogens with two attached hydrogens (primary N) is 1. The highest BCUT2D eigenvalue weighted by Crippen LogP contribution is 2.29. The predicted molar refractivity (Wildman–Crippen MR) is 74.1 cm³/mol. The third-order valence-corrected chi connectivity index (χ3v) is 2.94. The van der Waals surface area contributed by atoms with Crippen LogP contribution in [0.1, 0.15) is 25.0 Å². The molecule has 3 N–H and O–H groups in total. The van der Waals surface area contributed by atoms with E-state index in [1.165, 1.54) is 5.56 Å². The van der Waals surface area contributed by atoms with Gasteiger partial charge >= 0.3 is 0 Å². The Labute approximate surface area is 107 Å². The minimum absolute atomic E-state index is 0.512. The van der Waals surface area contributed by atoms with Crippen LogP contribution in [0.5, 0.6) is 0 Å². The summed E-state index contributed by atoms with van der Waals surface area (Å²) in [6.45, 7) is 5.48. The molecule has 3 nitrogen and oxygen atoms in total. The Morgan fingerprint density at radius 1 is 1.17 bits per heavy atom. The van der Waals surface area contributed by atoms with Gasteiger partial charge in [-0.2, -0.15) is 0 Å². The zero-order valence-corrected chi connectivity index (χ0v) is 10.9. The van der Waals surface area contributed by atoms with Crippen molar-refractivity contribution in [3.63, 3.8) is 0 Å². The third kappa shape index (κ3) is 2.51. The lowest BCUT2D eigenvalue weighted by molar-refractivity contribution is 0.0794. The summed E-state index contributed by atoms with van der Waals surface area (Å²) in [6.07, 6.45) is 1.60. The van der Waals surface area contributed by atoms with Crippen LogP contribution >= 0.6 is 0 Å². The van der Waals surface area contributed by atoms with E-state index in [0.717, 1.165) is 11.3 Å². The van der Waals surface area contributed by atoms with Crippen molar-refractivity contribution >= 4 is 5.69 Å². The van der Waals surface area contributed by atoms with Gasteiger partial charge in [-0.1, -0.05) is 29.8 Å². The maximum absolute atomic E-state index is 10.1. The van der Waals surface area contributed by atoms with Gasteiger partial charge in [0, 0.05) is 11.1 Å². The third-order valence-electron chi connectivity index (χ3n) is 2.94. The molecule has 0 unspecified atom stereocenters. The Hall–Kier alpha value is -1.87. The fraction of sp³-hybridized carbons (Fsp3) is 0.267. The number of nitrogen functional groups attached to an aromatic ring is 1. The van der Waals surface area contributed by atoms with E-state index in [9.17, 15) is 5.11 Å². The number of nitrogens with zero attached hydrogens (tertiary/aromatic N) is 1. The molecular formula is C15H18N2O. The van der Waals surface area contributed by atoms with Gasteiger partial charge in [-0.15, -0.1) is 0 Å². The Morgan fingerprint density at radius 3 is 2.33 bits per heavy atom. The van der Waals surface area contributed by atoms with Crippen molar-refractivity contribution in [1.82, 2.24) is 4.98 Å². The number of anilines is 1. The molecule has 94 valence electrons. The van der Waals surface area contributed by atoms with E-state index in [2.05, 4.69) is 4.98 Å². The maximum atomic E-state index is 10.1. The zero-order valence-electron chi connectivity index (χ0n) is 10.9. The topological polar surface area (TPSA) is 59.1 Å². The van der Waals surface area contributed by atoms with Crippen LogP contribution in [0.2, 0.25) is 0 Å². The molecule has 3 heteroatoms. The molecule has 1 heterocycles. The quantitative estimate of drug-likeness (QED) is 0.851. The molecule has 0 aliphatic carbocycles. The predicted octanol–water partition coefficient (Wildman–Crippen LogP) is 2.87. The maximum Gasteiger partial charge on any atom is 0.0861 e. The lowest BCUT2D eigenvalue weighted by Crippen LogP contribution is -2.18. The van der Waals surface area contributed by atoms with Crippen molar-refractivity contribution < 1.29 is 5.11 Å². The van der Waals surface area contributed by atoms with Crippen molar-refractivity contribution in [1.29, 1.82) is 0 Å². The van der Waals surface area contributed by atoms with Crippen molar-refractivity contribution in [2.75, 3.05) is 5.73 Å². The highest BCUT2D eigenvalue weighted by molar-refractivity contribution is 5.64. The number of aliphatic hydroxyl groups is 1. The Kier molecular flexibility index (Phi) is 3.09. The molecule has 0 radical (unpaired) electrons. The van der Waals surface area contributed by atoms with E-state index in [-0.39, 0.29) is 0 Å². The summed E-state index contributed by atoms with van der Waals surface area (Å²) in [7, 11) is 0. The minimum atomic E-state index is -0.966. The minimum Gasteiger partial charge on any atom is -0.397 e. The van der Waals surface area contributed by atoms with E-state index in [1.807, 2.05) is 37.3 Å². The monoisotopic (exact) mass is 242 g/mol. The van der Waals surface area contributed by atoms with E-state index in [1.54, 1.807) is 20.0 Å². The highest BCUT2D eigenvalue weighted by atomic mass is 16.3. The average Bonchev–Trinajstić information content (AvgIpc) is 2.29. The summed E-state index contributed by atoms with van der Waals surface area (Å²) in [5, 5.41) is 10.1. The van der Waals surface area contributed by atoms with Crippen LogP contribution in [0.25, 0.3) is 11.3 Å². The van der Waals surface area contributed by atoms with Gasteiger partial charge in [0.25, 0.3) is 0 Å². The van der Waals surface area contributed by atoms with Gasteiger partial charge < -0.3 is 10.8 Å². The number of hydrogen-bond donors (Lipinski definition) is 2. The van der Waals surface area contributed by atoms with Gasteiger partial charge in [-0.05, 0) is 26.8 Å². The Bertz CT molecular complexity index is 554. The zero-order chi connectivity index (χ0) is 13.3. The average molecular weight is 242 g/mol. The molecule has 2 aromatic rings. The smallest absolute Gasteiger partial charge is 0.0861 e. The number of aryl methyl sites for hydroxylation is 1. The van der Waals surface area contributed by atoms with Gasteiger partial charge in [0.2, 0.25) is 0 Å². The molecule has 2 rings (SSSR count). The van der Waals surface area contributed by atoms with Crippen molar-refractivity contribution in [2.24, 2.45) is 0 Å². The fourth-order valence-corrected chi connectivity index (χ4v) is 1.88. The van der Waals surface area contributed by atoms with E-state index in [0.29, 0.717) is 11.3 Å². The molecule has 1 aromatic carbocycles. The first-order chi connectivity index (χ1) is 8.38. The molecule has 0 atom stereocenters. The Morgan fingerprint density at radius 2 is 1.78 bits per heavy atom. The van der Waals surface area contributed by atoms with E-state index in [4.69, 9.17) is 5.73 Å². The largest absolute Gasteiger partial charge is 0.397 e. The summed E-state index contributed by atoms with van der Waals surface area (Å²) in [4.78, 5) is 4.32. The summed E-state index contributed by atoms with van der Waals surface area (Å²) in [5.74, 6) is 0. The number of pyridine rings is 1. The van der Waals surface area contributed by atoms with Crippen LogP contribution in [0, 0.1) is 6.92 Å². The second kappa shape index (κ2) is 4.42.